The van der Waals surface area contributed by atoms with Crippen molar-refractivity contribution in [1.82, 2.24) is 15.0 Å². The topological polar surface area (TPSA) is 98.9 Å². The minimum atomic E-state index is -0.732. The molecule has 1 aromatic heterocycles. The SMILES string of the molecule is CCOCC(O)COc1ccc(-n2nc3ccc(OC)cc3n2)c(O)c1. The maximum absolute atomic E-state index is 10.3. The van der Waals surface area contributed by atoms with Gasteiger partial charge in [-0.3, -0.25) is 0 Å². The maximum atomic E-state index is 10.3. The van der Waals surface area contributed by atoms with Crippen LogP contribution >= 0.6 is 0 Å². The lowest BCUT2D eigenvalue weighted by molar-refractivity contribution is 0.0164. The highest BCUT2D eigenvalue weighted by Gasteiger charge is 2.12. The normalized spacial score (nSPS) is 12.3. The highest BCUT2D eigenvalue weighted by molar-refractivity contribution is 5.75. The molecule has 138 valence electrons. The van der Waals surface area contributed by atoms with Crippen molar-refractivity contribution in [1.29, 1.82) is 0 Å². The van der Waals surface area contributed by atoms with Gasteiger partial charge in [0.15, 0.2) is 0 Å². The second-order valence-corrected chi connectivity index (χ2v) is 5.62. The van der Waals surface area contributed by atoms with Crippen LogP contribution in [0.3, 0.4) is 0 Å². The van der Waals surface area contributed by atoms with Crippen LogP contribution in [0.2, 0.25) is 0 Å². The lowest BCUT2D eigenvalue weighted by atomic mass is 10.3. The first-order chi connectivity index (χ1) is 12.6. The quantitative estimate of drug-likeness (QED) is 0.634. The second kappa shape index (κ2) is 8.03. The Morgan fingerprint density at radius 3 is 2.54 bits per heavy atom. The first-order valence-corrected chi connectivity index (χ1v) is 8.23. The third-order valence-corrected chi connectivity index (χ3v) is 3.71. The zero-order chi connectivity index (χ0) is 18.5. The van der Waals surface area contributed by atoms with Gasteiger partial charge in [-0.25, -0.2) is 0 Å². The summed E-state index contributed by atoms with van der Waals surface area (Å²) < 4.78 is 15.8. The first-order valence-electron chi connectivity index (χ1n) is 8.23. The predicted octanol–water partition coefficient (Wildman–Crippen LogP) is 1.91. The summed E-state index contributed by atoms with van der Waals surface area (Å²) in [6, 6.07) is 10.1. The molecule has 3 aromatic rings. The van der Waals surface area contributed by atoms with E-state index in [4.69, 9.17) is 14.2 Å². The third-order valence-electron chi connectivity index (χ3n) is 3.71. The van der Waals surface area contributed by atoms with Crippen molar-refractivity contribution in [3.05, 3.63) is 36.4 Å². The molecule has 0 aliphatic heterocycles. The number of hydrogen-bond donors (Lipinski definition) is 2. The Morgan fingerprint density at radius 1 is 1.04 bits per heavy atom. The molecular formula is C18H21N3O5. The summed E-state index contributed by atoms with van der Waals surface area (Å²) in [5.41, 5.74) is 1.76. The molecule has 2 aromatic carbocycles. The Morgan fingerprint density at radius 2 is 1.81 bits per heavy atom. The molecule has 0 bridgehead atoms. The van der Waals surface area contributed by atoms with Gasteiger partial charge >= 0.3 is 0 Å². The van der Waals surface area contributed by atoms with Crippen LogP contribution in [0.5, 0.6) is 17.2 Å². The number of aliphatic hydroxyl groups is 1. The van der Waals surface area contributed by atoms with Gasteiger partial charge in [-0.05, 0) is 31.2 Å². The van der Waals surface area contributed by atoms with Gasteiger partial charge in [-0.2, -0.15) is 0 Å². The molecule has 0 aliphatic rings. The van der Waals surface area contributed by atoms with E-state index in [-0.39, 0.29) is 19.0 Å². The van der Waals surface area contributed by atoms with Crippen molar-refractivity contribution in [3.8, 4) is 22.9 Å². The Labute approximate surface area is 150 Å². The van der Waals surface area contributed by atoms with Gasteiger partial charge in [0.2, 0.25) is 0 Å². The van der Waals surface area contributed by atoms with Crippen LogP contribution < -0.4 is 9.47 Å². The lowest BCUT2D eigenvalue weighted by Crippen LogP contribution is -2.23. The minimum absolute atomic E-state index is 0.0333. The summed E-state index contributed by atoms with van der Waals surface area (Å²) in [5, 5.41) is 28.7. The molecule has 0 fully saturated rings. The van der Waals surface area contributed by atoms with E-state index in [9.17, 15) is 10.2 Å². The minimum Gasteiger partial charge on any atom is -0.505 e. The predicted molar refractivity (Wildman–Crippen MR) is 95.1 cm³/mol. The van der Waals surface area contributed by atoms with Crippen LogP contribution in [0, 0.1) is 0 Å². The van der Waals surface area contributed by atoms with Crippen LogP contribution in [0.1, 0.15) is 6.92 Å². The van der Waals surface area contributed by atoms with Crippen LogP contribution in [-0.4, -0.2) is 58.2 Å². The van der Waals surface area contributed by atoms with Gasteiger partial charge < -0.3 is 24.4 Å². The fourth-order valence-electron chi connectivity index (χ4n) is 2.39. The van der Waals surface area contributed by atoms with Gasteiger partial charge in [0, 0.05) is 18.7 Å². The summed E-state index contributed by atoms with van der Waals surface area (Å²) in [4.78, 5) is 1.35. The molecule has 2 N–H and O–H groups in total. The van der Waals surface area contributed by atoms with E-state index in [1.807, 2.05) is 6.92 Å². The molecule has 0 aliphatic carbocycles. The number of aromatic hydroxyl groups is 1. The smallest absolute Gasteiger partial charge is 0.146 e. The van der Waals surface area contributed by atoms with Gasteiger partial charge in [-0.1, -0.05) is 0 Å². The molecular weight excluding hydrogens is 338 g/mol. The van der Waals surface area contributed by atoms with E-state index >= 15 is 0 Å². The molecule has 8 nitrogen and oxygen atoms in total. The summed E-state index contributed by atoms with van der Waals surface area (Å²) >= 11 is 0. The standard InChI is InChI=1S/C18H21N3O5/c1-3-25-10-12(22)11-26-14-5-7-17(18(23)9-14)21-19-15-6-4-13(24-2)8-16(15)20-21/h4-9,12,22-23H,3,10-11H2,1-2H3. The molecule has 8 heteroatoms. The first kappa shape index (κ1) is 18.0. The molecule has 0 saturated heterocycles. The monoisotopic (exact) mass is 359 g/mol. The van der Waals surface area contributed by atoms with Crippen LogP contribution in [0.25, 0.3) is 16.7 Å². The molecule has 1 heterocycles. The van der Waals surface area contributed by atoms with E-state index in [1.165, 1.54) is 10.9 Å². The molecule has 3 rings (SSSR count). The van der Waals surface area contributed by atoms with Crippen molar-refractivity contribution in [2.24, 2.45) is 0 Å². The highest BCUT2D eigenvalue weighted by Crippen LogP contribution is 2.27. The second-order valence-electron chi connectivity index (χ2n) is 5.62. The summed E-state index contributed by atoms with van der Waals surface area (Å²) in [7, 11) is 1.58. The van der Waals surface area contributed by atoms with E-state index < -0.39 is 6.10 Å². The number of aliphatic hydroxyl groups excluding tert-OH is 1. The van der Waals surface area contributed by atoms with Gasteiger partial charge in [0.25, 0.3) is 0 Å². The van der Waals surface area contributed by atoms with Crippen molar-refractivity contribution < 1.29 is 24.4 Å². The average molecular weight is 359 g/mol. The highest BCUT2D eigenvalue weighted by atomic mass is 16.5. The van der Waals surface area contributed by atoms with Gasteiger partial charge in [0.05, 0.1) is 13.7 Å². The fourth-order valence-corrected chi connectivity index (χ4v) is 2.39. The summed E-state index contributed by atoms with van der Waals surface area (Å²) in [5.74, 6) is 1.08. The summed E-state index contributed by atoms with van der Waals surface area (Å²) in [6.45, 7) is 2.66. The van der Waals surface area contributed by atoms with Crippen LogP contribution in [-0.2, 0) is 4.74 Å². The number of phenols is 1. The average Bonchev–Trinajstić information content (AvgIpc) is 3.07. The lowest BCUT2D eigenvalue weighted by Gasteiger charge is -2.13. The number of rotatable bonds is 8. The molecule has 26 heavy (non-hydrogen) atoms. The van der Waals surface area contributed by atoms with Gasteiger partial charge in [-0.15, -0.1) is 15.0 Å². The molecule has 0 spiro atoms. The zero-order valence-corrected chi connectivity index (χ0v) is 14.6. The van der Waals surface area contributed by atoms with Crippen LogP contribution in [0.15, 0.2) is 36.4 Å². The number of methoxy groups -OCH3 is 1. The van der Waals surface area contributed by atoms with Gasteiger partial charge in [0.1, 0.15) is 46.7 Å². The summed E-state index contributed by atoms with van der Waals surface area (Å²) in [6.07, 6.45) is -0.732. The molecule has 1 atom stereocenters. The molecule has 0 saturated carbocycles. The van der Waals surface area contributed by atoms with Crippen molar-refractivity contribution >= 4 is 11.0 Å². The number of phenolic OH excluding ortho intramolecular Hbond substituents is 1. The molecule has 0 radical (unpaired) electrons. The fraction of sp³-hybridized carbons (Fsp3) is 0.333. The largest absolute Gasteiger partial charge is 0.505 e. The van der Waals surface area contributed by atoms with Crippen molar-refractivity contribution in [2.75, 3.05) is 26.9 Å². The van der Waals surface area contributed by atoms with Crippen LogP contribution in [0.4, 0.5) is 0 Å². The zero-order valence-electron chi connectivity index (χ0n) is 14.6. The molecule has 0 amide bonds. The maximum Gasteiger partial charge on any atom is 0.146 e. The molecule has 1 unspecified atom stereocenters. The third kappa shape index (κ3) is 4.04. The Balaban J connectivity index is 1.75. The van der Waals surface area contributed by atoms with E-state index in [0.717, 1.165) is 0 Å². The van der Waals surface area contributed by atoms with E-state index in [1.54, 1.807) is 37.4 Å². The number of nitrogens with zero attached hydrogens (tertiary/aromatic N) is 3. The number of aromatic nitrogens is 3. The number of benzene rings is 2. The number of ether oxygens (including phenoxy) is 3. The van der Waals surface area contributed by atoms with Crippen molar-refractivity contribution in [2.45, 2.75) is 13.0 Å². The number of fused-ring (bicyclic) bond motifs is 1. The van der Waals surface area contributed by atoms with E-state index in [2.05, 4.69) is 10.2 Å². The van der Waals surface area contributed by atoms with Crippen molar-refractivity contribution in [3.63, 3.8) is 0 Å². The Hall–Kier alpha value is -2.84. The Bertz CT molecular complexity index is 880. The number of hydrogen-bond acceptors (Lipinski definition) is 7. The van der Waals surface area contributed by atoms with E-state index in [0.29, 0.717) is 34.8 Å². The Kier molecular flexibility index (Phi) is 5.55.